The van der Waals surface area contributed by atoms with Crippen molar-refractivity contribution in [2.24, 2.45) is 0 Å². The van der Waals surface area contributed by atoms with E-state index in [9.17, 15) is 9.59 Å². The Kier molecular flexibility index (Phi) is 6.00. The fourth-order valence-corrected chi connectivity index (χ4v) is 3.01. The summed E-state index contributed by atoms with van der Waals surface area (Å²) < 4.78 is 2.58. The van der Waals surface area contributed by atoms with Gasteiger partial charge in [0.15, 0.2) is 5.82 Å². The molecular formula is C19H17IN4O2. The second kappa shape index (κ2) is 8.61. The SMILES string of the molecule is O=C(CNC(=O)c1ccccc1I)Nc1ccn(Cc2ccccc2)n1. The first kappa shape index (κ1) is 18.1. The zero-order valence-electron chi connectivity index (χ0n) is 13.9. The summed E-state index contributed by atoms with van der Waals surface area (Å²) >= 11 is 2.09. The molecule has 26 heavy (non-hydrogen) atoms. The van der Waals surface area contributed by atoms with Gasteiger partial charge in [-0.15, -0.1) is 0 Å². The first-order valence-corrected chi connectivity index (χ1v) is 9.09. The van der Waals surface area contributed by atoms with Crippen molar-refractivity contribution in [1.29, 1.82) is 0 Å². The van der Waals surface area contributed by atoms with Gasteiger partial charge >= 0.3 is 0 Å². The third-order valence-electron chi connectivity index (χ3n) is 3.62. The predicted molar refractivity (Wildman–Crippen MR) is 108 cm³/mol. The molecule has 1 heterocycles. The highest BCUT2D eigenvalue weighted by Gasteiger charge is 2.11. The molecule has 2 amide bonds. The Morgan fingerprint density at radius 1 is 1.00 bits per heavy atom. The zero-order chi connectivity index (χ0) is 18.4. The number of benzene rings is 2. The molecule has 0 saturated carbocycles. The Morgan fingerprint density at radius 3 is 2.50 bits per heavy atom. The molecular weight excluding hydrogens is 443 g/mol. The van der Waals surface area contributed by atoms with Crippen molar-refractivity contribution in [3.63, 3.8) is 0 Å². The van der Waals surface area contributed by atoms with Crippen LogP contribution in [0.3, 0.4) is 0 Å². The molecule has 132 valence electrons. The molecule has 3 rings (SSSR count). The van der Waals surface area contributed by atoms with Crippen LogP contribution in [0, 0.1) is 3.57 Å². The summed E-state index contributed by atoms with van der Waals surface area (Å²) in [6.45, 7) is 0.509. The van der Waals surface area contributed by atoms with E-state index < -0.39 is 0 Å². The van der Waals surface area contributed by atoms with Crippen molar-refractivity contribution in [1.82, 2.24) is 15.1 Å². The van der Waals surface area contributed by atoms with Gasteiger partial charge in [-0.1, -0.05) is 42.5 Å². The number of rotatable bonds is 6. The zero-order valence-corrected chi connectivity index (χ0v) is 16.0. The second-order valence-corrected chi connectivity index (χ2v) is 6.76. The normalized spacial score (nSPS) is 10.3. The van der Waals surface area contributed by atoms with Gasteiger partial charge in [-0.2, -0.15) is 5.10 Å². The number of carbonyl (C=O) groups is 2. The number of aromatic nitrogens is 2. The van der Waals surface area contributed by atoms with E-state index in [-0.39, 0.29) is 18.4 Å². The molecule has 0 radical (unpaired) electrons. The van der Waals surface area contributed by atoms with E-state index in [1.165, 1.54) is 0 Å². The lowest BCUT2D eigenvalue weighted by Gasteiger charge is -2.07. The molecule has 0 saturated heterocycles. The number of nitrogens with one attached hydrogen (secondary N) is 2. The number of hydrogen-bond acceptors (Lipinski definition) is 3. The quantitative estimate of drug-likeness (QED) is 0.556. The van der Waals surface area contributed by atoms with Crippen LogP contribution in [0.4, 0.5) is 5.82 Å². The minimum Gasteiger partial charge on any atom is -0.343 e. The summed E-state index contributed by atoms with van der Waals surface area (Å²) in [5, 5.41) is 9.61. The monoisotopic (exact) mass is 460 g/mol. The summed E-state index contributed by atoms with van der Waals surface area (Å²) in [5.41, 5.74) is 1.67. The third-order valence-corrected chi connectivity index (χ3v) is 4.56. The number of nitrogens with zero attached hydrogens (tertiary/aromatic N) is 2. The molecule has 0 atom stereocenters. The molecule has 3 aromatic rings. The molecule has 0 bridgehead atoms. The number of amides is 2. The van der Waals surface area contributed by atoms with Crippen LogP contribution in [0.5, 0.6) is 0 Å². The Morgan fingerprint density at radius 2 is 1.73 bits per heavy atom. The van der Waals surface area contributed by atoms with Gasteiger partial charge in [-0.3, -0.25) is 14.3 Å². The van der Waals surface area contributed by atoms with Gasteiger partial charge in [0.05, 0.1) is 18.7 Å². The Balaban J connectivity index is 1.51. The number of halogens is 1. The highest BCUT2D eigenvalue weighted by Crippen LogP contribution is 2.11. The van der Waals surface area contributed by atoms with Gasteiger partial charge in [-0.25, -0.2) is 0 Å². The van der Waals surface area contributed by atoms with Crippen molar-refractivity contribution >= 4 is 40.2 Å². The molecule has 2 aromatic carbocycles. The molecule has 0 aliphatic carbocycles. The van der Waals surface area contributed by atoms with Gasteiger partial charge in [0.25, 0.3) is 5.91 Å². The van der Waals surface area contributed by atoms with E-state index >= 15 is 0 Å². The van der Waals surface area contributed by atoms with Gasteiger partial charge in [0, 0.05) is 15.8 Å². The maximum absolute atomic E-state index is 12.1. The van der Waals surface area contributed by atoms with Crippen molar-refractivity contribution < 1.29 is 9.59 Å². The maximum Gasteiger partial charge on any atom is 0.252 e. The highest BCUT2D eigenvalue weighted by atomic mass is 127. The van der Waals surface area contributed by atoms with Gasteiger partial charge in [0.2, 0.25) is 5.91 Å². The summed E-state index contributed by atoms with van der Waals surface area (Å²) in [6, 6.07) is 18.9. The molecule has 7 heteroatoms. The Hall–Kier alpha value is -2.68. The Bertz CT molecular complexity index is 909. The molecule has 0 aliphatic heterocycles. The predicted octanol–water partition coefficient (Wildman–Crippen LogP) is 2.90. The van der Waals surface area contributed by atoms with Crippen LogP contribution in [0.15, 0.2) is 66.9 Å². The Labute approximate surface area is 164 Å². The molecule has 2 N–H and O–H groups in total. The fourth-order valence-electron chi connectivity index (χ4n) is 2.38. The lowest BCUT2D eigenvalue weighted by Crippen LogP contribution is -2.33. The molecule has 0 spiro atoms. The minimum absolute atomic E-state index is 0.116. The third kappa shape index (κ3) is 4.92. The van der Waals surface area contributed by atoms with Crippen molar-refractivity contribution in [2.45, 2.75) is 6.54 Å². The van der Waals surface area contributed by atoms with E-state index in [0.717, 1.165) is 9.13 Å². The maximum atomic E-state index is 12.1. The lowest BCUT2D eigenvalue weighted by atomic mass is 10.2. The summed E-state index contributed by atoms with van der Waals surface area (Å²) in [7, 11) is 0. The standard InChI is InChI=1S/C19H17IN4O2/c20-16-9-5-4-8-15(16)19(26)21-12-18(25)22-17-10-11-24(23-17)13-14-6-2-1-3-7-14/h1-11H,12-13H2,(H,21,26)(H,22,23,25). The average molecular weight is 460 g/mol. The van der Waals surface area contributed by atoms with Crippen LogP contribution < -0.4 is 10.6 Å². The van der Waals surface area contributed by atoms with Crippen LogP contribution in [-0.2, 0) is 11.3 Å². The molecule has 1 aromatic heterocycles. The largest absolute Gasteiger partial charge is 0.343 e. The van der Waals surface area contributed by atoms with Crippen LogP contribution in [0.1, 0.15) is 15.9 Å². The van der Waals surface area contributed by atoms with Gasteiger partial charge in [-0.05, 0) is 40.3 Å². The molecule has 0 aliphatic rings. The van der Waals surface area contributed by atoms with Crippen LogP contribution in [0.25, 0.3) is 0 Å². The molecule has 0 fully saturated rings. The molecule has 6 nitrogen and oxygen atoms in total. The van der Waals surface area contributed by atoms with E-state index in [1.807, 2.05) is 42.5 Å². The average Bonchev–Trinajstić information content (AvgIpc) is 3.07. The van der Waals surface area contributed by atoms with Crippen molar-refractivity contribution in [3.05, 3.63) is 81.6 Å². The van der Waals surface area contributed by atoms with Gasteiger partial charge in [0.1, 0.15) is 0 Å². The first-order valence-electron chi connectivity index (χ1n) is 8.02. The second-order valence-electron chi connectivity index (χ2n) is 5.59. The highest BCUT2D eigenvalue weighted by molar-refractivity contribution is 14.1. The number of anilines is 1. The van der Waals surface area contributed by atoms with Gasteiger partial charge < -0.3 is 10.6 Å². The minimum atomic E-state index is -0.325. The fraction of sp³-hybridized carbons (Fsp3) is 0.105. The number of hydrogen-bond donors (Lipinski definition) is 2. The van der Waals surface area contributed by atoms with E-state index in [2.05, 4.69) is 38.3 Å². The summed E-state index contributed by atoms with van der Waals surface area (Å²) in [6.07, 6.45) is 1.80. The van der Waals surface area contributed by atoms with E-state index in [0.29, 0.717) is 17.9 Å². The van der Waals surface area contributed by atoms with E-state index in [4.69, 9.17) is 0 Å². The first-order chi connectivity index (χ1) is 12.6. The number of carbonyl (C=O) groups excluding carboxylic acids is 2. The topological polar surface area (TPSA) is 76.0 Å². The van der Waals surface area contributed by atoms with Crippen LogP contribution in [-0.4, -0.2) is 28.1 Å². The summed E-state index contributed by atoms with van der Waals surface area (Å²) in [4.78, 5) is 24.1. The van der Waals surface area contributed by atoms with Crippen LogP contribution in [0.2, 0.25) is 0 Å². The van der Waals surface area contributed by atoms with Crippen LogP contribution >= 0.6 is 22.6 Å². The van der Waals surface area contributed by atoms with E-state index in [1.54, 1.807) is 29.1 Å². The molecule has 0 unspecified atom stereocenters. The van der Waals surface area contributed by atoms with Crippen molar-refractivity contribution in [2.75, 3.05) is 11.9 Å². The van der Waals surface area contributed by atoms with Crippen molar-refractivity contribution in [3.8, 4) is 0 Å². The summed E-state index contributed by atoms with van der Waals surface area (Å²) in [5.74, 6) is -0.150. The smallest absolute Gasteiger partial charge is 0.252 e. The lowest BCUT2D eigenvalue weighted by molar-refractivity contribution is -0.115.